The number of hydrogen-bond acceptors (Lipinski definition) is 2. The van der Waals surface area contributed by atoms with Crippen LogP contribution < -0.4 is 5.32 Å². The van der Waals surface area contributed by atoms with Gasteiger partial charge in [0.25, 0.3) is 0 Å². The molecule has 2 aliphatic carbocycles. The van der Waals surface area contributed by atoms with Crippen molar-refractivity contribution in [2.24, 2.45) is 11.3 Å². The first-order chi connectivity index (χ1) is 8.26. The summed E-state index contributed by atoms with van der Waals surface area (Å²) in [6, 6.07) is 0.642. The largest absolute Gasteiger partial charge is 0.396 e. The zero-order valence-corrected chi connectivity index (χ0v) is 11.4. The van der Waals surface area contributed by atoms with Crippen molar-refractivity contribution in [3.05, 3.63) is 0 Å². The van der Waals surface area contributed by atoms with Gasteiger partial charge in [0, 0.05) is 24.6 Å². The molecule has 0 unspecified atom stereocenters. The highest BCUT2D eigenvalue weighted by atomic mass is 16.3. The smallest absolute Gasteiger partial charge is 0.0499 e. The Morgan fingerprint density at radius 1 is 1.12 bits per heavy atom. The fraction of sp³-hybridized carbons (Fsp3) is 1.00. The van der Waals surface area contributed by atoms with Gasteiger partial charge in [-0.1, -0.05) is 32.1 Å². The maximum Gasteiger partial charge on any atom is 0.0499 e. The van der Waals surface area contributed by atoms with Crippen LogP contribution in [0.4, 0.5) is 0 Å². The van der Waals surface area contributed by atoms with Gasteiger partial charge in [-0.15, -0.1) is 0 Å². The summed E-state index contributed by atoms with van der Waals surface area (Å²) in [6.45, 7) is 3.74. The maximum atomic E-state index is 9.68. The summed E-state index contributed by atoms with van der Waals surface area (Å²) in [7, 11) is 0. The van der Waals surface area contributed by atoms with Crippen molar-refractivity contribution < 1.29 is 5.11 Å². The van der Waals surface area contributed by atoms with Crippen molar-refractivity contribution in [1.29, 1.82) is 0 Å². The zero-order valence-electron chi connectivity index (χ0n) is 11.4. The highest BCUT2D eigenvalue weighted by Gasteiger charge is 2.32. The van der Waals surface area contributed by atoms with E-state index in [4.69, 9.17) is 0 Å². The Bertz CT molecular complexity index is 217. The maximum absolute atomic E-state index is 9.68. The van der Waals surface area contributed by atoms with Crippen LogP contribution in [0.15, 0.2) is 0 Å². The van der Waals surface area contributed by atoms with Crippen LogP contribution in [0.1, 0.15) is 64.7 Å². The monoisotopic (exact) mass is 239 g/mol. The molecule has 0 bridgehead atoms. The van der Waals surface area contributed by atoms with E-state index in [1.54, 1.807) is 0 Å². The molecule has 2 rings (SSSR count). The summed E-state index contributed by atoms with van der Waals surface area (Å²) in [5.41, 5.74) is 0.200. The Kier molecular flexibility index (Phi) is 4.87. The van der Waals surface area contributed by atoms with Gasteiger partial charge in [0.15, 0.2) is 0 Å². The van der Waals surface area contributed by atoms with E-state index < -0.39 is 0 Å². The minimum atomic E-state index is 0.200. The van der Waals surface area contributed by atoms with Crippen LogP contribution in [0, 0.1) is 11.3 Å². The third-order valence-corrected chi connectivity index (χ3v) is 5.16. The van der Waals surface area contributed by atoms with Gasteiger partial charge in [-0.2, -0.15) is 0 Å². The second-order valence-electron chi connectivity index (χ2n) is 6.43. The van der Waals surface area contributed by atoms with Crippen LogP contribution in [0.5, 0.6) is 0 Å². The first-order valence-corrected chi connectivity index (χ1v) is 7.60. The van der Waals surface area contributed by atoms with Gasteiger partial charge >= 0.3 is 0 Å². The van der Waals surface area contributed by atoms with Crippen molar-refractivity contribution >= 4 is 0 Å². The summed E-state index contributed by atoms with van der Waals surface area (Å²) in [5.74, 6) is 0.884. The second-order valence-corrected chi connectivity index (χ2v) is 6.43. The minimum absolute atomic E-state index is 0.200. The number of aliphatic hydroxyl groups is 1. The second kappa shape index (κ2) is 6.19. The van der Waals surface area contributed by atoms with Crippen LogP contribution >= 0.6 is 0 Å². The minimum Gasteiger partial charge on any atom is -0.396 e. The summed E-state index contributed by atoms with van der Waals surface area (Å²) in [4.78, 5) is 0. The molecule has 0 spiro atoms. The molecule has 2 nitrogen and oxygen atoms in total. The van der Waals surface area contributed by atoms with Gasteiger partial charge in [0.2, 0.25) is 0 Å². The Hall–Kier alpha value is -0.0800. The van der Waals surface area contributed by atoms with E-state index in [0.29, 0.717) is 12.6 Å². The molecule has 2 saturated carbocycles. The third kappa shape index (κ3) is 3.45. The van der Waals surface area contributed by atoms with Crippen LogP contribution in [-0.2, 0) is 0 Å². The molecule has 0 aromatic heterocycles. The van der Waals surface area contributed by atoms with Crippen LogP contribution in [0.3, 0.4) is 0 Å². The first-order valence-electron chi connectivity index (χ1n) is 7.60. The summed E-state index contributed by atoms with van der Waals surface area (Å²) in [6.07, 6.45) is 12.0. The number of nitrogens with one attached hydrogen (secondary N) is 1. The SMILES string of the molecule is C[C@H](NCC1(CO)CCCCC1)C1CCCC1. The van der Waals surface area contributed by atoms with Gasteiger partial charge in [0.1, 0.15) is 0 Å². The molecule has 2 N–H and O–H groups in total. The number of hydrogen-bond donors (Lipinski definition) is 2. The normalized spacial score (nSPS) is 27.2. The van der Waals surface area contributed by atoms with E-state index in [1.807, 2.05) is 0 Å². The van der Waals surface area contributed by atoms with E-state index in [1.165, 1.54) is 57.8 Å². The number of rotatable bonds is 5. The predicted octanol–water partition coefficient (Wildman–Crippen LogP) is 3.10. The predicted molar refractivity (Wildman–Crippen MR) is 72.0 cm³/mol. The Balaban J connectivity index is 1.78. The lowest BCUT2D eigenvalue weighted by Crippen LogP contribution is -2.44. The first kappa shape index (κ1) is 13.4. The highest BCUT2D eigenvalue weighted by Crippen LogP contribution is 2.36. The van der Waals surface area contributed by atoms with E-state index in [9.17, 15) is 5.11 Å². The standard InChI is InChI=1S/C15H29NO/c1-13(14-7-3-4-8-14)16-11-15(12-17)9-5-2-6-10-15/h13-14,16-17H,2-12H2,1H3/t13-/m0/s1. The molecular formula is C15H29NO. The molecule has 2 fully saturated rings. The molecule has 1 atom stereocenters. The summed E-state index contributed by atoms with van der Waals surface area (Å²) in [5, 5.41) is 13.4. The molecule has 0 saturated heterocycles. The average molecular weight is 239 g/mol. The van der Waals surface area contributed by atoms with Gasteiger partial charge < -0.3 is 10.4 Å². The van der Waals surface area contributed by atoms with Gasteiger partial charge in [0.05, 0.1) is 0 Å². The Labute approximate surface area is 106 Å². The van der Waals surface area contributed by atoms with Crippen molar-refractivity contribution in [2.45, 2.75) is 70.8 Å². The molecule has 0 heterocycles. The average Bonchev–Trinajstić information content (AvgIpc) is 2.91. The van der Waals surface area contributed by atoms with E-state index >= 15 is 0 Å². The molecular weight excluding hydrogens is 210 g/mol. The fourth-order valence-corrected chi connectivity index (χ4v) is 3.69. The lowest BCUT2D eigenvalue weighted by Gasteiger charge is -2.37. The van der Waals surface area contributed by atoms with Crippen LogP contribution in [0.2, 0.25) is 0 Å². The van der Waals surface area contributed by atoms with Crippen molar-refractivity contribution in [2.75, 3.05) is 13.2 Å². The van der Waals surface area contributed by atoms with E-state index in [-0.39, 0.29) is 5.41 Å². The molecule has 2 heteroatoms. The molecule has 17 heavy (non-hydrogen) atoms. The summed E-state index contributed by atoms with van der Waals surface area (Å²) >= 11 is 0. The van der Waals surface area contributed by atoms with E-state index in [2.05, 4.69) is 12.2 Å². The lowest BCUT2D eigenvalue weighted by atomic mass is 9.74. The molecule has 0 radical (unpaired) electrons. The van der Waals surface area contributed by atoms with Gasteiger partial charge in [-0.25, -0.2) is 0 Å². The molecule has 100 valence electrons. The molecule has 0 aliphatic heterocycles. The van der Waals surface area contributed by atoms with Gasteiger partial charge in [-0.3, -0.25) is 0 Å². The quantitative estimate of drug-likeness (QED) is 0.772. The van der Waals surface area contributed by atoms with Crippen molar-refractivity contribution in [3.8, 4) is 0 Å². The Morgan fingerprint density at radius 3 is 2.35 bits per heavy atom. The van der Waals surface area contributed by atoms with Crippen molar-refractivity contribution in [1.82, 2.24) is 5.32 Å². The van der Waals surface area contributed by atoms with Crippen LogP contribution in [-0.4, -0.2) is 24.3 Å². The zero-order chi connectivity index (χ0) is 12.1. The molecule has 2 aliphatic rings. The molecule has 0 amide bonds. The van der Waals surface area contributed by atoms with Gasteiger partial charge in [-0.05, 0) is 38.5 Å². The molecule has 0 aromatic rings. The highest BCUT2D eigenvalue weighted by molar-refractivity contribution is 4.87. The molecule has 0 aromatic carbocycles. The lowest BCUT2D eigenvalue weighted by molar-refractivity contribution is 0.0765. The van der Waals surface area contributed by atoms with Crippen LogP contribution in [0.25, 0.3) is 0 Å². The Morgan fingerprint density at radius 2 is 1.76 bits per heavy atom. The summed E-state index contributed by atoms with van der Waals surface area (Å²) < 4.78 is 0. The van der Waals surface area contributed by atoms with E-state index in [0.717, 1.165) is 12.5 Å². The fourth-order valence-electron chi connectivity index (χ4n) is 3.69. The topological polar surface area (TPSA) is 32.3 Å². The number of aliphatic hydroxyl groups excluding tert-OH is 1. The van der Waals surface area contributed by atoms with Crippen molar-refractivity contribution in [3.63, 3.8) is 0 Å². The third-order valence-electron chi connectivity index (χ3n) is 5.16.